The van der Waals surface area contributed by atoms with Gasteiger partial charge in [-0.2, -0.15) is 21.6 Å². The van der Waals surface area contributed by atoms with Crippen LogP contribution < -0.4 is 9.50 Å². The van der Waals surface area contributed by atoms with Crippen molar-refractivity contribution in [1.29, 1.82) is 0 Å². The summed E-state index contributed by atoms with van der Waals surface area (Å²) in [7, 11) is -5.72. The minimum Gasteiger partial charge on any atom is -0.429 e. The van der Waals surface area contributed by atoms with Crippen LogP contribution in [0.25, 0.3) is 0 Å². The molecule has 0 amide bonds. The molecule has 2 rings (SSSR count). The Kier molecular flexibility index (Phi) is 4.77. The van der Waals surface area contributed by atoms with Crippen LogP contribution in [0.5, 0.6) is 5.95 Å². The molecule has 5 nitrogen and oxygen atoms in total. The molecule has 0 fully saturated rings. The third kappa shape index (κ3) is 4.25. The Hall–Kier alpha value is -2.00. The minimum absolute atomic E-state index is 0.213. The van der Waals surface area contributed by atoms with Crippen molar-refractivity contribution in [3.8, 4) is 5.95 Å². The number of benzene rings is 1. The molecular weight excluding hydrogens is 323 g/mol. The number of nitrogens with one attached hydrogen (secondary N) is 1. The summed E-state index contributed by atoms with van der Waals surface area (Å²) in [5, 5.41) is 3.00. The van der Waals surface area contributed by atoms with E-state index >= 15 is 0 Å². The van der Waals surface area contributed by atoms with E-state index in [9.17, 15) is 21.6 Å². The molecule has 0 aliphatic carbocycles. The monoisotopic (exact) mass is 335 g/mol. The smallest absolute Gasteiger partial charge is 0.429 e. The van der Waals surface area contributed by atoms with Gasteiger partial charge in [-0.25, -0.2) is 0 Å². The second-order valence-electron chi connectivity index (χ2n) is 4.29. The predicted octanol–water partition coefficient (Wildman–Crippen LogP) is 2.80. The molecule has 0 atom stereocenters. The summed E-state index contributed by atoms with van der Waals surface area (Å²) in [6.07, 6.45) is 0. The van der Waals surface area contributed by atoms with Gasteiger partial charge in [-0.15, -0.1) is 0 Å². The maximum absolute atomic E-state index is 12.1. The molecule has 0 unspecified atom stereocenters. The Morgan fingerprint density at radius 1 is 1.05 bits per heavy atom. The van der Waals surface area contributed by atoms with Crippen LogP contribution in [0.4, 0.5) is 13.2 Å². The van der Waals surface area contributed by atoms with Gasteiger partial charge < -0.3 is 13.9 Å². The highest BCUT2D eigenvalue weighted by atomic mass is 32.2. The van der Waals surface area contributed by atoms with Crippen LogP contribution in [-0.4, -0.2) is 13.9 Å². The molecule has 1 aromatic heterocycles. The van der Waals surface area contributed by atoms with E-state index in [2.05, 4.69) is 9.50 Å². The van der Waals surface area contributed by atoms with Crippen LogP contribution >= 0.6 is 0 Å². The van der Waals surface area contributed by atoms with E-state index in [1.807, 2.05) is 30.3 Å². The fourth-order valence-corrected chi connectivity index (χ4v) is 1.98. The molecule has 0 spiro atoms. The first-order chi connectivity index (χ1) is 10.3. The lowest BCUT2D eigenvalue weighted by molar-refractivity contribution is -0.0506. The number of hydrogen-bond acceptors (Lipinski definition) is 5. The van der Waals surface area contributed by atoms with Gasteiger partial charge in [0.05, 0.1) is 6.54 Å². The van der Waals surface area contributed by atoms with Crippen LogP contribution in [-0.2, 0) is 23.2 Å². The summed E-state index contributed by atoms with van der Waals surface area (Å²) in [4.78, 5) is 0. The number of alkyl halides is 3. The summed E-state index contributed by atoms with van der Waals surface area (Å²) in [6.45, 7) is 0.739. The molecule has 0 saturated heterocycles. The van der Waals surface area contributed by atoms with Gasteiger partial charge in [0.25, 0.3) is 0 Å². The van der Waals surface area contributed by atoms with E-state index < -0.39 is 21.6 Å². The third-order valence-corrected chi connectivity index (χ3v) is 3.53. The SMILES string of the molecule is O=S(=O)(Oc1ccc(CNCc2ccccc2)o1)C(F)(F)F. The second kappa shape index (κ2) is 6.41. The third-order valence-electron chi connectivity index (χ3n) is 2.58. The van der Waals surface area contributed by atoms with Crippen molar-refractivity contribution in [2.75, 3.05) is 0 Å². The first-order valence-electron chi connectivity index (χ1n) is 6.12. The van der Waals surface area contributed by atoms with Gasteiger partial charge in [0.2, 0.25) is 0 Å². The average molecular weight is 335 g/mol. The summed E-state index contributed by atoms with van der Waals surface area (Å²) in [6, 6.07) is 11.8. The lowest BCUT2D eigenvalue weighted by Crippen LogP contribution is -2.27. The molecule has 1 N–H and O–H groups in total. The van der Waals surface area contributed by atoms with Gasteiger partial charge in [0.15, 0.2) is 0 Å². The van der Waals surface area contributed by atoms with Gasteiger partial charge >= 0.3 is 21.6 Å². The van der Waals surface area contributed by atoms with Crippen molar-refractivity contribution < 1.29 is 30.2 Å². The van der Waals surface area contributed by atoms with E-state index in [1.165, 1.54) is 6.07 Å². The van der Waals surface area contributed by atoms with Crippen LogP contribution in [0, 0.1) is 0 Å². The normalized spacial score (nSPS) is 12.3. The Morgan fingerprint density at radius 2 is 1.73 bits per heavy atom. The van der Waals surface area contributed by atoms with Gasteiger partial charge in [0, 0.05) is 12.6 Å². The first-order valence-corrected chi connectivity index (χ1v) is 7.53. The lowest BCUT2D eigenvalue weighted by Gasteiger charge is -2.06. The zero-order valence-electron chi connectivity index (χ0n) is 11.1. The molecule has 9 heteroatoms. The van der Waals surface area contributed by atoms with Crippen LogP contribution in [0.1, 0.15) is 11.3 Å². The first kappa shape index (κ1) is 16.4. The molecule has 0 bridgehead atoms. The van der Waals surface area contributed by atoms with Crippen LogP contribution in [0.3, 0.4) is 0 Å². The zero-order valence-corrected chi connectivity index (χ0v) is 11.9. The maximum Gasteiger partial charge on any atom is 0.534 e. The van der Waals surface area contributed by atoms with Crippen molar-refractivity contribution in [2.45, 2.75) is 18.6 Å². The van der Waals surface area contributed by atoms with Crippen molar-refractivity contribution in [3.63, 3.8) is 0 Å². The Morgan fingerprint density at radius 3 is 2.36 bits per heavy atom. The van der Waals surface area contributed by atoms with E-state index in [-0.39, 0.29) is 12.3 Å². The van der Waals surface area contributed by atoms with E-state index in [4.69, 9.17) is 4.42 Å². The van der Waals surface area contributed by atoms with Gasteiger partial charge in [-0.05, 0) is 11.6 Å². The summed E-state index contributed by atoms with van der Waals surface area (Å²) in [5.74, 6) is -0.475. The second-order valence-corrected chi connectivity index (χ2v) is 5.83. The van der Waals surface area contributed by atoms with Crippen molar-refractivity contribution in [2.24, 2.45) is 0 Å². The topological polar surface area (TPSA) is 68.5 Å². The molecular formula is C13H12F3NO4S. The van der Waals surface area contributed by atoms with Gasteiger partial charge in [0.1, 0.15) is 5.76 Å². The number of rotatable bonds is 6. The van der Waals surface area contributed by atoms with Gasteiger partial charge in [-0.3, -0.25) is 0 Å². The van der Waals surface area contributed by atoms with Crippen molar-refractivity contribution in [1.82, 2.24) is 5.32 Å². The van der Waals surface area contributed by atoms with E-state index in [0.717, 1.165) is 11.6 Å². The van der Waals surface area contributed by atoms with Crippen molar-refractivity contribution in [3.05, 3.63) is 53.8 Å². The zero-order chi connectivity index (χ0) is 16.2. The van der Waals surface area contributed by atoms with Crippen molar-refractivity contribution >= 4 is 10.1 Å². The molecule has 22 heavy (non-hydrogen) atoms. The van der Waals surface area contributed by atoms with Crippen LogP contribution in [0.2, 0.25) is 0 Å². The van der Waals surface area contributed by atoms with Crippen LogP contribution in [0.15, 0.2) is 46.9 Å². The summed E-state index contributed by atoms with van der Waals surface area (Å²) < 4.78 is 66.8. The summed E-state index contributed by atoms with van der Waals surface area (Å²) >= 11 is 0. The molecule has 1 heterocycles. The Bertz CT molecular complexity index is 710. The lowest BCUT2D eigenvalue weighted by atomic mass is 10.2. The predicted molar refractivity (Wildman–Crippen MR) is 71.3 cm³/mol. The number of furan rings is 1. The number of hydrogen-bond donors (Lipinski definition) is 1. The molecule has 0 aliphatic heterocycles. The Labute approximate surface area is 124 Å². The molecule has 0 aliphatic rings. The van der Waals surface area contributed by atoms with E-state index in [1.54, 1.807) is 0 Å². The highest BCUT2D eigenvalue weighted by Gasteiger charge is 2.49. The minimum atomic E-state index is -5.72. The molecule has 0 radical (unpaired) electrons. The average Bonchev–Trinajstić information content (AvgIpc) is 2.85. The fourth-order valence-electron chi connectivity index (χ4n) is 1.58. The summed E-state index contributed by atoms with van der Waals surface area (Å²) in [5.41, 5.74) is -4.48. The molecule has 120 valence electrons. The molecule has 0 saturated carbocycles. The quantitative estimate of drug-likeness (QED) is 0.649. The van der Waals surface area contributed by atoms with Gasteiger partial charge in [-0.1, -0.05) is 30.3 Å². The molecule has 2 aromatic rings. The highest BCUT2D eigenvalue weighted by Crippen LogP contribution is 2.27. The highest BCUT2D eigenvalue weighted by molar-refractivity contribution is 7.87. The Balaban J connectivity index is 1.89. The maximum atomic E-state index is 12.1. The largest absolute Gasteiger partial charge is 0.534 e. The fraction of sp³-hybridized carbons (Fsp3) is 0.231. The number of halogens is 3. The standard InChI is InChI=1S/C13H12F3NO4S/c14-13(15,16)22(18,19)21-12-7-6-11(20-12)9-17-8-10-4-2-1-3-5-10/h1-7,17H,8-9H2. The van der Waals surface area contributed by atoms with E-state index in [0.29, 0.717) is 6.54 Å². The molecule has 1 aromatic carbocycles.